The van der Waals surface area contributed by atoms with Gasteiger partial charge in [-0.25, -0.2) is 4.39 Å². The molecule has 1 fully saturated rings. The molecule has 1 aliphatic carbocycles. The molecule has 1 aromatic carbocycles. The molecule has 1 aromatic heterocycles. The van der Waals surface area contributed by atoms with Gasteiger partial charge < -0.3 is 5.73 Å². The monoisotopic (exact) mass is 290 g/mol. The first-order valence-corrected chi connectivity index (χ1v) is 7.93. The minimum absolute atomic E-state index is 0.204. The highest BCUT2D eigenvalue weighted by atomic mass is 32.1. The van der Waals surface area contributed by atoms with E-state index in [1.807, 2.05) is 6.07 Å². The summed E-state index contributed by atoms with van der Waals surface area (Å²) in [6, 6.07) is 7.81. The van der Waals surface area contributed by atoms with Crippen LogP contribution in [0.25, 0.3) is 0 Å². The predicted octanol–water partition coefficient (Wildman–Crippen LogP) is 3.51. The van der Waals surface area contributed by atoms with Crippen molar-refractivity contribution in [3.63, 3.8) is 0 Å². The van der Waals surface area contributed by atoms with Crippen LogP contribution in [-0.4, -0.2) is 10.9 Å². The van der Waals surface area contributed by atoms with E-state index >= 15 is 0 Å². The Labute approximate surface area is 123 Å². The molecule has 0 unspecified atom stereocenters. The molecule has 20 heavy (non-hydrogen) atoms. The van der Waals surface area contributed by atoms with Gasteiger partial charge in [-0.05, 0) is 58.5 Å². The Morgan fingerprint density at radius 2 is 2.05 bits per heavy atom. The van der Waals surface area contributed by atoms with Crippen LogP contribution in [0.3, 0.4) is 0 Å². The summed E-state index contributed by atoms with van der Waals surface area (Å²) in [6.45, 7) is 2.22. The van der Waals surface area contributed by atoms with Crippen LogP contribution in [0.5, 0.6) is 0 Å². The number of benzene rings is 1. The van der Waals surface area contributed by atoms with Crippen molar-refractivity contribution in [2.45, 2.75) is 38.5 Å². The highest BCUT2D eigenvalue weighted by molar-refractivity contribution is 7.07. The van der Waals surface area contributed by atoms with Gasteiger partial charge in [-0.3, -0.25) is 4.90 Å². The molecule has 0 amide bonds. The van der Waals surface area contributed by atoms with Gasteiger partial charge in [0.05, 0.1) is 0 Å². The molecule has 2 aromatic rings. The maximum atomic E-state index is 13.3. The molecule has 0 radical (unpaired) electrons. The van der Waals surface area contributed by atoms with E-state index in [-0.39, 0.29) is 5.82 Å². The van der Waals surface area contributed by atoms with Crippen molar-refractivity contribution in [3.05, 3.63) is 57.5 Å². The van der Waals surface area contributed by atoms with Crippen LogP contribution >= 0.6 is 11.3 Å². The van der Waals surface area contributed by atoms with Crippen LogP contribution in [0.1, 0.15) is 29.5 Å². The lowest BCUT2D eigenvalue weighted by Gasteiger charge is -2.23. The molecule has 1 aliphatic rings. The van der Waals surface area contributed by atoms with E-state index in [4.69, 9.17) is 5.73 Å². The lowest BCUT2D eigenvalue weighted by molar-refractivity contribution is 0.245. The third-order valence-corrected chi connectivity index (χ3v) is 4.52. The zero-order valence-electron chi connectivity index (χ0n) is 11.4. The summed E-state index contributed by atoms with van der Waals surface area (Å²) in [5, 5.41) is 4.31. The quantitative estimate of drug-likeness (QED) is 0.882. The average Bonchev–Trinajstić information content (AvgIpc) is 3.18. The summed E-state index contributed by atoms with van der Waals surface area (Å²) < 4.78 is 13.3. The van der Waals surface area contributed by atoms with Crippen LogP contribution in [0.4, 0.5) is 4.39 Å². The van der Waals surface area contributed by atoms with E-state index in [2.05, 4.69) is 21.7 Å². The number of nitrogens with two attached hydrogens (primary N) is 1. The van der Waals surface area contributed by atoms with Crippen molar-refractivity contribution in [2.75, 3.05) is 0 Å². The van der Waals surface area contributed by atoms with Crippen molar-refractivity contribution >= 4 is 11.3 Å². The highest BCUT2D eigenvalue weighted by Crippen LogP contribution is 2.30. The molecule has 2 nitrogen and oxygen atoms in total. The third-order valence-electron chi connectivity index (χ3n) is 3.79. The van der Waals surface area contributed by atoms with Gasteiger partial charge in [0.25, 0.3) is 0 Å². The van der Waals surface area contributed by atoms with Crippen molar-refractivity contribution in [1.82, 2.24) is 4.90 Å². The number of hydrogen-bond acceptors (Lipinski definition) is 3. The maximum Gasteiger partial charge on any atom is 0.123 e. The second-order valence-electron chi connectivity index (χ2n) is 5.38. The summed E-state index contributed by atoms with van der Waals surface area (Å²) >= 11 is 1.73. The Balaban J connectivity index is 1.76. The fraction of sp³-hybridized carbons (Fsp3) is 0.375. The summed E-state index contributed by atoms with van der Waals surface area (Å²) in [6.07, 6.45) is 2.53. The second kappa shape index (κ2) is 6.04. The second-order valence-corrected chi connectivity index (χ2v) is 6.16. The number of rotatable bonds is 6. The topological polar surface area (TPSA) is 29.3 Å². The average molecular weight is 290 g/mol. The molecule has 2 N–H and O–H groups in total. The molecule has 1 heterocycles. The van der Waals surface area contributed by atoms with E-state index in [1.54, 1.807) is 17.4 Å². The maximum absolute atomic E-state index is 13.3. The summed E-state index contributed by atoms with van der Waals surface area (Å²) in [5.74, 6) is -0.204. The predicted molar refractivity (Wildman–Crippen MR) is 80.9 cm³/mol. The smallest absolute Gasteiger partial charge is 0.123 e. The van der Waals surface area contributed by atoms with Crippen molar-refractivity contribution in [2.24, 2.45) is 5.73 Å². The number of thiophene rings is 1. The Bertz CT molecular complexity index is 564. The minimum Gasteiger partial charge on any atom is -0.326 e. The first kappa shape index (κ1) is 13.7. The van der Waals surface area contributed by atoms with Gasteiger partial charge in [0.1, 0.15) is 5.82 Å². The lowest BCUT2D eigenvalue weighted by atomic mass is 10.1. The number of nitrogens with zero attached hydrogens (tertiary/aromatic N) is 1. The Morgan fingerprint density at radius 1 is 1.20 bits per heavy atom. The van der Waals surface area contributed by atoms with E-state index in [0.29, 0.717) is 12.6 Å². The van der Waals surface area contributed by atoms with Crippen LogP contribution in [0.15, 0.2) is 35.0 Å². The Morgan fingerprint density at radius 3 is 2.70 bits per heavy atom. The van der Waals surface area contributed by atoms with Gasteiger partial charge in [0.2, 0.25) is 0 Å². The van der Waals surface area contributed by atoms with Gasteiger partial charge in [0.15, 0.2) is 0 Å². The molecule has 0 atom stereocenters. The molecule has 0 saturated heterocycles. The minimum atomic E-state index is -0.204. The highest BCUT2D eigenvalue weighted by Gasteiger charge is 2.29. The summed E-state index contributed by atoms with van der Waals surface area (Å²) in [4.78, 5) is 2.48. The third kappa shape index (κ3) is 3.26. The lowest BCUT2D eigenvalue weighted by Crippen LogP contribution is -2.25. The fourth-order valence-electron chi connectivity index (χ4n) is 2.53. The zero-order valence-corrected chi connectivity index (χ0v) is 12.2. The molecular weight excluding hydrogens is 271 g/mol. The SMILES string of the molecule is NCc1cc(F)ccc1CN(Cc1ccsc1)C1CC1. The van der Waals surface area contributed by atoms with Crippen molar-refractivity contribution < 1.29 is 4.39 Å². The largest absolute Gasteiger partial charge is 0.326 e. The molecule has 0 spiro atoms. The molecule has 0 aliphatic heterocycles. The Hall–Kier alpha value is -1.23. The molecule has 0 bridgehead atoms. The number of halogens is 1. The summed E-state index contributed by atoms with van der Waals surface area (Å²) in [5.41, 5.74) is 9.17. The van der Waals surface area contributed by atoms with Crippen LogP contribution in [0, 0.1) is 5.82 Å². The standard InChI is InChI=1S/C16H19FN2S/c17-15-2-1-13(14(7-15)8-18)10-19(16-3-4-16)9-12-5-6-20-11-12/h1-2,5-7,11,16H,3-4,8-10,18H2. The van der Waals surface area contributed by atoms with Crippen molar-refractivity contribution in [3.8, 4) is 0 Å². The molecular formula is C16H19FN2S. The van der Waals surface area contributed by atoms with Gasteiger partial charge in [-0.1, -0.05) is 6.07 Å². The van der Waals surface area contributed by atoms with Gasteiger partial charge in [0, 0.05) is 25.7 Å². The normalized spacial score (nSPS) is 14.9. The van der Waals surface area contributed by atoms with Gasteiger partial charge in [-0.15, -0.1) is 0 Å². The van der Waals surface area contributed by atoms with Crippen LogP contribution in [0.2, 0.25) is 0 Å². The Kier molecular flexibility index (Phi) is 4.15. The first-order chi connectivity index (χ1) is 9.76. The van der Waals surface area contributed by atoms with Crippen LogP contribution < -0.4 is 5.73 Å². The fourth-order valence-corrected chi connectivity index (χ4v) is 3.19. The van der Waals surface area contributed by atoms with Gasteiger partial charge in [-0.2, -0.15) is 11.3 Å². The first-order valence-electron chi connectivity index (χ1n) is 6.99. The van der Waals surface area contributed by atoms with Gasteiger partial charge >= 0.3 is 0 Å². The van der Waals surface area contributed by atoms with E-state index in [0.717, 1.165) is 24.2 Å². The molecule has 106 valence electrons. The zero-order chi connectivity index (χ0) is 13.9. The van der Waals surface area contributed by atoms with E-state index in [9.17, 15) is 4.39 Å². The van der Waals surface area contributed by atoms with E-state index < -0.39 is 0 Å². The molecule has 3 rings (SSSR count). The van der Waals surface area contributed by atoms with E-state index in [1.165, 1.54) is 24.5 Å². The summed E-state index contributed by atoms with van der Waals surface area (Å²) in [7, 11) is 0. The van der Waals surface area contributed by atoms with Crippen molar-refractivity contribution in [1.29, 1.82) is 0 Å². The van der Waals surface area contributed by atoms with Crippen LogP contribution in [-0.2, 0) is 19.6 Å². The number of hydrogen-bond donors (Lipinski definition) is 1. The molecule has 4 heteroatoms. The molecule has 1 saturated carbocycles.